The highest BCUT2D eigenvalue weighted by molar-refractivity contribution is 6.00. The molecular formula is C100H106N8O36. The number of H-pyrrole nitrogens is 2. The average molecular weight is 2000 g/mol. The van der Waals surface area contributed by atoms with Crippen molar-refractivity contribution in [1.29, 1.82) is 0 Å². The second-order valence-electron chi connectivity index (χ2n) is 34.0. The molecule has 44 heteroatoms. The predicted octanol–water partition coefficient (Wildman–Crippen LogP) is 7.46. The molecule has 0 saturated carbocycles. The van der Waals surface area contributed by atoms with Crippen LogP contribution < -0.4 is 40.2 Å². The van der Waals surface area contributed by atoms with E-state index in [9.17, 15) is 76.7 Å². The highest BCUT2D eigenvalue weighted by Gasteiger charge is 2.57. The van der Waals surface area contributed by atoms with Gasteiger partial charge in [0.2, 0.25) is 48.8 Å². The zero-order chi connectivity index (χ0) is 104. The highest BCUT2D eigenvalue weighted by atomic mass is 16.7. The van der Waals surface area contributed by atoms with Crippen molar-refractivity contribution in [2.75, 3.05) is 26.4 Å². The summed E-state index contributed by atoms with van der Waals surface area (Å²) in [5, 5.41) is 10.9. The van der Waals surface area contributed by atoms with Crippen molar-refractivity contribution in [3.05, 3.63) is 144 Å². The number of benzene rings is 4. The Labute approximate surface area is 822 Å². The topological polar surface area (TPSA) is 563 Å². The average Bonchev–Trinajstić information content (AvgIpc) is 1.68. The molecule has 8 bridgehead atoms. The fourth-order valence-corrected chi connectivity index (χ4v) is 17.3. The van der Waals surface area contributed by atoms with Crippen LogP contribution in [0.1, 0.15) is 134 Å². The van der Waals surface area contributed by atoms with Gasteiger partial charge in [-0.05, 0) is 119 Å². The molecule has 20 atom stereocenters. The number of hydrogen-bond donors (Lipinski definition) is 6. The maximum absolute atomic E-state index is 13.1. The minimum atomic E-state index is -1.54. The van der Waals surface area contributed by atoms with E-state index in [1.165, 1.54) is 27.7 Å². The lowest BCUT2D eigenvalue weighted by Gasteiger charge is -2.44. The van der Waals surface area contributed by atoms with Gasteiger partial charge in [0.05, 0.1) is 22.8 Å². The number of aromatic amines is 2. The van der Waals surface area contributed by atoms with Crippen LogP contribution in [-0.4, -0.2) is 264 Å². The minimum absolute atomic E-state index is 0.101. The fourth-order valence-electron chi connectivity index (χ4n) is 17.3. The van der Waals surface area contributed by atoms with Gasteiger partial charge >= 0.3 is 71.6 Å². The summed E-state index contributed by atoms with van der Waals surface area (Å²) in [4.78, 5) is 223. The van der Waals surface area contributed by atoms with Crippen LogP contribution in [0.5, 0.6) is 23.0 Å². The van der Waals surface area contributed by atoms with Crippen molar-refractivity contribution < 1.29 is 171 Å². The summed E-state index contributed by atoms with van der Waals surface area (Å²) in [5.74, 6) is -11.7. The van der Waals surface area contributed by atoms with Crippen LogP contribution in [0.3, 0.4) is 0 Å². The highest BCUT2D eigenvalue weighted by Crippen LogP contribution is 2.43. The Morgan fingerprint density at radius 2 is 0.417 bits per heavy atom. The molecule has 7 aromatic rings. The Morgan fingerprint density at radius 3 is 0.576 bits per heavy atom. The van der Waals surface area contributed by atoms with E-state index in [1.54, 1.807) is 146 Å². The van der Waals surface area contributed by atoms with Crippen molar-refractivity contribution in [1.82, 2.24) is 41.2 Å². The summed E-state index contributed by atoms with van der Waals surface area (Å²) < 4.78 is 119. The van der Waals surface area contributed by atoms with E-state index in [4.69, 9.17) is 105 Å². The summed E-state index contributed by atoms with van der Waals surface area (Å²) in [6.45, 7) is 16.1. The molecule has 6 aliphatic rings. The lowest BCUT2D eigenvalue weighted by atomic mass is 9.96. The number of ether oxygens (including phenoxy) is 20. The van der Waals surface area contributed by atoms with Gasteiger partial charge in [-0.25, -0.2) is 9.97 Å². The van der Waals surface area contributed by atoms with E-state index in [0.717, 1.165) is 83.1 Å². The second-order valence-corrected chi connectivity index (χ2v) is 34.0. The van der Waals surface area contributed by atoms with E-state index < -0.39 is 244 Å². The summed E-state index contributed by atoms with van der Waals surface area (Å²) >= 11 is 0. The van der Waals surface area contributed by atoms with E-state index in [2.05, 4.69) is 31.2 Å². The molecular weight excluding hydrogens is 1890 g/mol. The number of amides is 4. The molecule has 13 rings (SSSR count). The summed E-state index contributed by atoms with van der Waals surface area (Å²) in [7, 11) is 0. The van der Waals surface area contributed by atoms with Crippen molar-refractivity contribution >= 4 is 142 Å². The maximum Gasteiger partial charge on any atom is 0.303 e. The molecule has 44 nitrogen and oxygen atoms in total. The van der Waals surface area contributed by atoms with Gasteiger partial charge in [-0.1, -0.05) is 48.5 Å². The zero-order valence-electron chi connectivity index (χ0n) is 80.8. The van der Waals surface area contributed by atoms with Crippen LogP contribution in [0.4, 0.5) is 0 Å². The lowest BCUT2D eigenvalue weighted by molar-refractivity contribution is -0.257. The Kier molecular flexibility index (Phi) is 34.1. The number of nitrogens with zero attached hydrogens (tertiary/aromatic N) is 2. The standard InChI is InChI=1S/C100H106N8O36/c1-45(109)101-85-93(133-57(13)121)89(129-53(9)117)77(41-125-49(5)113)141-97(85)137-65-25-17-61(18-26-65)81-69-33-35-71(105-69)82(62-19-27-66(28-20-62)138-98-86(102-46(2)110)94(134-58(14)122)90(130-54(10)118)78(142-98)42-126-50(6)114)73-37-39-75(107-73)84(64-23-31-68(32-24-64)140-100-88(104-48(4)112)96(136-60(16)124)92(132-56(12)120)80(144-100)44-128-52(8)116)76-40-38-74(108-76)83(72-36-34-70(81)106-72)63-21-29-67(30-22-63)139-99-87(103-47(3)111)95(135-59(15)123)91(131-55(11)119)79(143-99)43-127-51(7)115/h17-40,77-80,85-100,105,108H,41-44H2,1-16H3,(H,101,109)(H,102,110)(H,103,111)(H,104,112)/t77-,78-,79-,80-,85-,86-,87-,88-,89-,90-,91-,92-,93-,94-,95-,96-,97-,98-,99-,100-/m1/s1. The first-order chi connectivity index (χ1) is 68.5. The van der Waals surface area contributed by atoms with E-state index >= 15 is 0 Å². The van der Waals surface area contributed by atoms with Crippen molar-refractivity contribution in [2.24, 2.45) is 0 Å². The molecule has 4 aromatic carbocycles. The van der Waals surface area contributed by atoms with Gasteiger partial charge in [0.1, 0.15) is 98.0 Å². The third kappa shape index (κ3) is 26.6. The molecule has 6 N–H and O–H groups in total. The smallest absolute Gasteiger partial charge is 0.303 e. The van der Waals surface area contributed by atoms with Gasteiger partial charge in [-0.15, -0.1) is 0 Å². The van der Waals surface area contributed by atoms with Crippen molar-refractivity contribution in [3.8, 4) is 67.5 Å². The maximum atomic E-state index is 13.1. The SMILES string of the molecule is CC(=O)N[C@H]1[C@H](Oc2ccc(-c3c4nc(c(-c5ccc(O[C@@H]6O[C@H](COC(C)=O)[C@@H](OC(C)=O)[C@H](OC(C)=O)[C@H]6NC(C)=O)cc5)c5ccc([nH]5)c(-c5ccc(O[C@@H]6O[C@H](COC(C)=O)[C@@H](OC(C)=O)[C@H](OC(C)=O)[C@H]6NC(C)=O)cc5)c5nc(c(-c6ccc(O[C@@H]7O[C@H](COC(C)=O)[C@@H](OC(C)=O)[C@H](OC(C)=O)[C@H]7NC(C)=O)cc6)c6ccc3[nH]6)C=C5)C=C4)cc2)O[C@H](COC(C)=O)[C@@H](OC(C)=O)[C@@H]1OC(C)=O. The number of rotatable bonds is 32. The number of esters is 12. The van der Waals surface area contributed by atoms with Crippen LogP contribution >= 0.6 is 0 Å². The summed E-state index contributed by atoms with van der Waals surface area (Å²) in [5.41, 5.74) is 6.71. The largest absolute Gasteiger partial charge is 0.463 e. The molecule has 762 valence electrons. The molecule has 4 saturated heterocycles. The number of carbonyl (C=O) groups excluding carboxylic acids is 16. The lowest BCUT2D eigenvalue weighted by Crippen LogP contribution is -2.67. The molecule has 4 fully saturated rings. The van der Waals surface area contributed by atoms with Crippen LogP contribution in [-0.2, 0) is 153 Å². The van der Waals surface area contributed by atoms with Gasteiger partial charge in [-0.3, -0.25) is 76.7 Å². The molecule has 6 aliphatic heterocycles. The number of hydrogen-bond acceptors (Lipinski definition) is 38. The monoisotopic (exact) mass is 1990 g/mol. The number of nitrogens with one attached hydrogen (secondary N) is 6. The Bertz CT molecular complexity index is 5570. The predicted molar refractivity (Wildman–Crippen MR) is 499 cm³/mol. The number of aromatic nitrogens is 4. The third-order valence-electron chi connectivity index (χ3n) is 22.6. The zero-order valence-corrected chi connectivity index (χ0v) is 80.8. The summed E-state index contributed by atoms with van der Waals surface area (Å²) in [6.07, 6.45) is -16.1. The van der Waals surface area contributed by atoms with E-state index in [1.807, 2.05) is 0 Å². The first-order valence-corrected chi connectivity index (χ1v) is 45.3. The first kappa shape index (κ1) is 105. The molecule has 4 amide bonds. The number of fused-ring (bicyclic) bond motifs is 8. The second kappa shape index (κ2) is 46.6. The quantitative estimate of drug-likeness (QED) is 0.0176. The van der Waals surface area contributed by atoms with Crippen LogP contribution in [0.25, 0.3) is 90.9 Å². The van der Waals surface area contributed by atoms with Crippen molar-refractivity contribution in [3.63, 3.8) is 0 Å². The third-order valence-corrected chi connectivity index (χ3v) is 22.6. The van der Waals surface area contributed by atoms with Gasteiger partial charge in [0, 0.05) is 155 Å². The van der Waals surface area contributed by atoms with Gasteiger partial charge < -0.3 is 126 Å². The van der Waals surface area contributed by atoms with Crippen LogP contribution in [0.15, 0.2) is 121 Å². The molecule has 144 heavy (non-hydrogen) atoms. The van der Waals surface area contributed by atoms with Crippen molar-refractivity contribution in [2.45, 2.75) is 233 Å². The molecule has 3 aromatic heterocycles. The van der Waals surface area contributed by atoms with Crippen LogP contribution in [0.2, 0.25) is 0 Å². The minimum Gasteiger partial charge on any atom is -0.463 e. The molecule has 0 spiro atoms. The molecule has 0 radical (unpaired) electrons. The van der Waals surface area contributed by atoms with Gasteiger partial charge in [-0.2, -0.15) is 0 Å². The number of carbonyl (C=O) groups is 16. The molecule has 9 heterocycles. The van der Waals surface area contributed by atoms with Gasteiger partial charge in [0.25, 0.3) is 0 Å². The first-order valence-electron chi connectivity index (χ1n) is 45.3. The normalized spacial score (nSPS) is 23.9. The summed E-state index contributed by atoms with van der Waals surface area (Å²) in [6, 6.07) is 28.0. The Balaban J connectivity index is 1.02. The fraction of sp³-hybridized carbons (Fsp3) is 0.400. The molecule has 0 unspecified atom stereocenters. The molecule has 0 aliphatic carbocycles. The van der Waals surface area contributed by atoms with Gasteiger partial charge in [0.15, 0.2) is 48.8 Å². The van der Waals surface area contributed by atoms with Crippen LogP contribution in [0, 0.1) is 0 Å². The van der Waals surface area contributed by atoms with E-state index in [-0.39, 0.29) is 23.0 Å². The Morgan fingerprint density at radius 1 is 0.243 bits per heavy atom. The van der Waals surface area contributed by atoms with E-state index in [0.29, 0.717) is 89.4 Å². The Hall–Kier alpha value is -16.0.